The molecule has 0 radical (unpaired) electrons. The fourth-order valence-electron chi connectivity index (χ4n) is 3.04. The molecule has 0 aromatic heterocycles. The lowest BCUT2D eigenvalue weighted by atomic mass is 9.89. The first kappa shape index (κ1) is 14.7. The van der Waals surface area contributed by atoms with Gasteiger partial charge in [0.2, 0.25) is 0 Å². The number of hydrogen-bond donors (Lipinski definition) is 0. The first-order valence-corrected chi connectivity index (χ1v) is 7.39. The van der Waals surface area contributed by atoms with Gasteiger partial charge in [0.05, 0.1) is 32.2 Å². The molecule has 6 heteroatoms. The topological polar surface area (TPSA) is 65.1 Å². The number of amides is 1. The van der Waals surface area contributed by atoms with Crippen molar-refractivity contribution >= 4 is 11.9 Å². The summed E-state index contributed by atoms with van der Waals surface area (Å²) in [4.78, 5) is 25.9. The summed E-state index contributed by atoms with van der Waals surface area (Å²) < 4.78 is 16.2. The van der Waals surface area contributed by atoms with Crippen LogP contribution in [-0.2, 0) is 4.74 Å². The average Bonchev–Trinajstić information content (AvgIpc) is 2.91. The number of methoxy groups -OCH3 is 1. The lowest BCUT2D eigenvalue weighted by Gasteiger charge is -2.34. The zero-order valence-electron chi connectivity index (χ0n) is 12.8. The van der Waals surface area contributed by atoms with Gasteiger partial charge in [-0.05, 0) is 25.1 Å². The lowest BCUT2D eigenvalue weighted by Crippen LogP contribution is -2.45. The van der Waals surface area contributed by atoms with Crippen molar-refractivity contribution in [2.24, 2.45) is 0 Å². The van der Waals surface area contributed by atoms with Crippen LogP contribution in [0.15, 0.2) is 18.2 Å². The Bertz CT molecular complexity index is 615. The number of carbonyl (C=O) groups excluding carboxylic acids is 2. The largest absolute Gasteiger partial charge is 0.497 e. The SMILES string of the molecule is CCOC(=O)N1CCC2(CC(=O)c3cc(OC)ccc3O2)C1. The van der Waals surface area contributed by atoms with Gasteiger partial charge < -0.3 is 19.1 Å². The Hall–Kier alpha value is -2.24. The zero-order valence-corrected chi connectivity index (χ0v) is 12.8. The Labute approximate surface area is 128 Å². The predicted molar refractivity (Wildman–Crippen MR) is 78.5 cm³/mol. The molecule has 0 N–H and O–H groups in total. The summed E-state index contributed by atoms with van der Waals surface area (Å²) >= 11 is 0. The summed E-state index contributed by atoms with van der Waals surface area (Å²) in [5, 5.41) is 0. The molecule has 6 nitrogen and oxygen atoms in total. The number of carbonyl (C=O) groups is 2. The Morgan fingerprint density at radius 2 is 2.27 bits per heavy atom. The van der Waals surface area contributed by atoms with Crippen LogP contribution in [0.3, 0.4) is 0 Å². The molecular formula is C16H19NO5. The number of rotatable bonds is 2. The Kier molecular flexibility index (Phi) is 3.68. The van der Waals surface area contributed by atoms with Crippen molar-refractivity contribution in [1.82, 2.24) is 4.90 Å². The molecule has 1 amide bonds. The maximum atomic E-state index is 12.4. The third-order valence-electron chi connectivity index (χ3n) is 4.14. The van der Waals surface area contributed by atoms with Crippen molar-refractivity contribution in [3.8, 4) is 11.5 Å². The number of fused-ring (bicyclic) bond motifs is 1. The molecule has 0 saturated carbocycles. The monoisotopic (exact) mass is 305 g/mol. The van der Waals surface area contributed by atoms with E-state index in [0.29, 0.717) is 43.2 Å². The van der Waals surface area contributed by atoms with Crippen molar-refractivity contribution < 1.29 is 23.8 Å². The van der Waals surface area contributed by atoms with Gasteiger partial charge in [-0.15, -0.1) is 0 Å². The number of Topliss-reactive ketones (excluding diaryl/α,β-unsaturated/α-hetero) is 1. The predicted octanol–water partition coefficient (Wildman–Crippen LogP) is 2.26. The Balaban J connectivity index is 1.81. The normalized spacial score (nSPS) is 23.2. The number of hydrogen-bond acceptors (Lipinski definition) is 5. The van der Waals surface area contributed by atoms with Crippen LogP contribution in [0.4, 0.5) is 4.79 Å². The highest BCUT2D eigenvalue weighted by atomic mass is 16.6. The molecule has 2 aliphatic heterocycles. The van der Waals surface area contributed by atoms with Crippen LogP contribution in [0.25, 0.3) is 0 Å². The van der Waals surface area contributed by atoms with Gasteiger partial charge in [0, 0.05) is 13.0 Å². The van der Waals surface area contributed by atoms with Crippen LogP contribution >= 0.6 is 0 Å². The van der Waals surface area contributed by atoms with E-state index in [-0.39, 0.29) is 18.3 Å². The Morgan fingerprint density at radius 3 is 3.00 bits per heavy atom. The quantitative estimate of drug-likeness (QED) is 0.838. The van der Waals surface area contributed by atoms with Gasteiger partial charge in [0.25, 0.3) is 0 Å². The van der Waals surface area contributed by atoms with Gasteiger partial charge in [-0.3, -0.25) is 4.79 Å². The average molecular weight is 305 g/mol. The number of ether oxygens (including phenoxy) is 3. The van der Waals surface area contributed by atoms with Gasteiger partial charge in [-0.25, -0.2) is 4.79 Å². The van der Waals surface area contributed by atoms with E-state index in [1.54, 1.807) is 37.1 Å². The fraction of sp³-hybridized carbons (Fsp3) is 0.500. The minimum atomic E-state index is -0.633. The molecular weight excluding hydrogens is 286 g/mol. The standard InChI is InChI=1S/C16H19NO5/c1-3-21-15(19)17-7-6-16(10-17)9-13(18)12-8-11(20-2)4-5-14(12)22-16/h4-5,8H,3,6-7,9-10H2,1-2H3. The van der Waals surface area contributed by atoms with E-state index in [9.17, 15) is 9.59 Å². The molecule has 1 saturated heterocycles. The van der Waals surface area contributed by atoms with Crippen molar-refractivity contribution in [3.63, 3.8) is 0 Å². The highest BCUT2D eigenvalue weighted by Gasteiger charge is 2.47. The number of benzene rings is 1. The molecule has 1 atom stereocenters. The van der Waals surface area contributed by atoms with E-state index < -0.39 is 5.60 Å². The Morgan fingerprint density at radius 1 is 1.45 bits per heavy atom. The summed E-state index contributed by atoms with van der Waals surface area (Å²) in [6.45, 7) is 3.03. The summed E-state index contributed by atoms with van der Waals surface area (Å²) in [6.07, 6.45) is 0.544. The molecule has 1 spiro atoms. The molecule has 1 aromatic carbocycles. The van der Waals surface area contributed by atoms with Crippen LogP contribution in [0.1, 0.15) is 30.1 Å². The first-order valence-electron chi connectivity index (χ1n) is 7.39. The molecule has 118 valence electrons. The van der Waals surface area contributed by atoms with E-state index in [4.69, 9.17) is 14.2 Å². The van der Waals surface area contributed by atoms with Gasteiger partial charge in [0.1, 0.15) is 17.1 Å². The summed E-state index contributed by atoms with van der Waals surface area (Å²) in [7, 11) is 1.56. The van der Waals surface area contributed by atoms with Gasteiger partial charge >= 0.3 is 6.09 Å². The van der Waals surface area contributed by atoms with Crippen LogP contribution < -0.4 is 9.47 Å². The maximum Gasteiger partial charge on any atom is 0.409 e. The summed E-state index contributed by atoms with van der Waals surface area (Å²) in [5.41, 5.74) is -0.0922. The zero-order chi connectivity index (χ0) is 15.7. The summed E-state index contributed by atoms with van der Waals surface area (Å²) in [6, 6.07) is 5.21. The van der Waals surface area contributed by atoms with Gasteiger partial charge in [-0.1, -0.05) is 0 Å². The number of ketones is 1. The molecule has 1 fully saturated rings. The number of likely N-dealkylation sites (tertiary alicyclic amines) is 1. The van der Waals surface area contributed by atoms with E-state index in [2.05, 4.69) is 0 Å². The molecule has 0 bridgehead atoms. The van der Waals surface area contributed by atoms with E-state index in [1.165, 1.54) is 0 Å². The maximum absolute atomic E-state index is 12.4. The number of nitrogens with zero attached hydrogens (tertiary/aromatic N) is 1. The van der Waals surface area contributed by atoms with E-state index in [0.717, 1.165) is 0 Å². The van der Waals surface area contributed by atoms with E-state index in [1.807, 2.05) is 0 Å². The molecule has 2 aliphatic rings. The van der Waals surface area contributed by atoms with Crippen molar-refractivity contribution in [3.05, 3.63) is 23.8 Å². The van der Waals surface area contributed by atoms with Gasteiger partial charge in [-0.2, -0.15) is 0 Å². The molecule has 1 aromatic rings. The van der Waals surface area contributed by atoms with E-state index >= 15 is 0 Å². The highest BCUT2D eigenvalue weighted by molar-refractivity contribution is 6.00. The fourth-order valence-corrected chi connectivity index (χ4v) is 3.04. The minimum Gasteiger partial charge on any atom is -0.497 e. The van der Waals surface area contributed by atoms with Crippen LogP contribution in [0.2, 0.25) is 0 Å². The highest BCUT2D eigenvalue weighted by Crippen LogP contribution is 2.40. The molecule has 2 heterocycles. The first-order chi connectivity index (χ1) is 10.6. The second-order valence-corrected chi connectivity index (χ2v) is 5.62. The summed E-state index contributed by atoms with van der Waals surface area (Å²) in [5.74, 6) is 1.21. The van der Waals surface area contributed by atoms with Crippen LogP contribution in [-0.4, -0.2) is 49.2 Å². The molecule has 22 heavy (non-hydrogen) atoms. The van der Waals surface area contributed by atoms with Crippen LogP contribution in [0, 0.1) is 0 Å². The lowest BCUT2D eigenvalue weighted by molar-refractivity contribution is 0.0433. The minimum absolute atomic E-state index is 0.0193. The van der Waals surface area contributed by atoms with Gasteiger partial charge in [0.15, 0.2) is 5.78 Å². The van der Waals surface area contributed by atoms with Crippen molar-refractivity contribution in [1.29, 1.82) is 0 Å². The third-order valence-corrected chi connectivity index (χ3v) is 4.14. The second kappa shape index (κ2) is 5.51. The molecule has 0 aliphatic carbocycles. The molecule has 1 unspecified atom stereocenters. The second-order valence-electron chi connectivity index (χ2n) is 5.62. The van der Waals surface area contributed by atoms with Crippen LogP contribution in [0.5, 0.6) is 11.5 Å². The van der Waals surface area contributed by atoms with Crippen molar-refractivity contribution in [2.45, 2.75) is 25.4 Å². The smallest absolute Gasteiger partial charge is 0.409 e. The third kappa shape index (κ3) is 2.49. The molecule has 3 rings (SSSR count). The van der Waals surface area contributed by atoms with Crippen molar-refractivity contribution in [2.75, 3.05) is 26.8 Å².